The molecule has 0 unspecified atom stereocenters. The third kappa shape index (κ3) is 13.5. The number of halogens is 4. The van der Waals surface area contributed by atoms with Crippen molar-refractivity contribution in [2.45, 2.75) is 6.92 Å². The zero-order chi connectivity index (χ0) is 90.7. The van der Waals surface area contributed by atoms with Gasteiger partial charge < -0.3 is 49.4 Å². The fourth-order valence-electron chi connectivity index (χ4n) is 20.7. The van der Waals surface area contributed by atoms with Crippen LogP contribution in [0.2, 0.25) is 0 Å². The molecule has 0 spiro atoms. The fraction of sp³-hybridized carbons (Fsp3) is 0.0171. The molecule has 136 heavy (non-hydrogen) atoms. The first-order chi connectivity index (χ1) is 66.9. The van der Waals surface area contributed by atoms with E-state index < -0.39 is 0 Å². The Morgan fingerprint density at radius 2 is 0.522 bits per heavy atom. The Hall–Kier alpha value is -15.5. The van der Waals surface area contributed by atoms with Gasteiger partial charge in [-0.2, -0.15) is 0 Å². The molecule has 0 radical (unpaired) electrons. The largest absolute Gasteiger partial charge is 0.360 e. The summed E-state index contributed by atoms with van der Waals surface area (Å²) in [6, 6.07) is 119. The van der Waals surface area contributed by atoms with E-state index in [4.69, 9.17) is 24.9 Å². The van der Waals surface area contributed by atoms with Crippen LogP contribution in [0.15, 0.2) is 373 Å². The van der Waals surface area contributed by atoms with Crippen LogP contribution in [0, 0.1) is 14.1 Å². The zero-order valence-corrected chi connectivity index (χ0v) is 80.3. The zero-order valence-electron chi connectivity index (χ0n) is 72.8. The Kier molecular flexibility index (Phi) is 19.5. The Labute approximate surface area is 818 Å². The number of nitrogens with one attached hydrogen (secondary N) is 9. The molecule has 0 bridgehead atoms. The van der Waals surface area contributed by atoms with Crippen LogP contribution in [0.25, 0.3) is 274 Å². The first-order valence-electron chi connectivity index (χ1n) is 45.0. The van der Waals surface area contributed by atoms with Gasteiger partial charge in [-0.3, -0.25) is 0 Å². The number of aromatic nitrogens is 15. The number of para-hydroxylation sites is 3. The molecule has 0 saturated heterocycles. The number of H-pyrrole nitrogens is 9. The number of hydrogen-bond acceptors (Lipinski definition) is 5. The standard InChI is InChI=1S/2C24H17N3.C23H12BrI2N3.C23H14BrN3.C23H15N3/c1-27-14-20(17-10-6-7-13-21(17)27)24-25-22-18-11-4-2-8-15(18)16-9-3-5-12-19(16)23(22)26-24;1-14-21(19-12-6-7-13-20(19)25-14)24-26-22-17-10-4-2-8-15(17)16-9-3-5-11-18(16)23(22)27-24;24-11-1-6-20-16(7-11)19(10-27-20)23-28-21-17-8-12(25)2-4-14(17)15-5-3-13(26)9-18(15)22(21)29-23;24-13-9-10-20-18(11-13)19(12-25-20)23-26-21-16-7-3-1-5-14(16)15-6-2-4-8-17(15)22(21)27-23;1-3-10-17-14(7-1)15-8-2-4-11-18(15)22-21(17)25-23(26-22)19-13-24-20-12-6-5-9-16(19)20/h2-14H,1H3,(H,25,26);2-13,25H,1H3,(H,26,27);1-10,27H,(H,28,29);1-12,25H,(H,26,27);1-13,24H,(H,25,26). The fourth-order valence-corrected chi connectivity index (χ4v) is 22.5. The van der Waals surface area contributed by atoms with Crippen molar-refractivity contribution in [1.29, 1.82) is 0 Å². The molecule has 30 rings (SSSR count). The summed E-state index contributed by atoms with van der Waals surface area (Å²) in [7, 11) is 2.08. The summed E-state index contributed by atoms with van der Waals surface area (Å²) in [5.74, 6) is 4.51. The summed E-state index contributed by atoms with van der Waals surface area (Å²) in [6.45, 7) is 2.11. The van der Waals surface area contributed by atoms with Crippen molar-refractivity contribution in [3.8, 4) is 56.9 Å². The maximum Gasteiger partial charge on any atom is 0.140 e. The second-order valence-electron chi connectivity index (χ2n) is 34.7. The number of aromatic amines is 9. The van der Waals surface area contributed by atoms with Gasteiger partial charge in [-0.05, 0) is 185 Å². The van der Waals surface area contributed by atoms with Gasteiger partial charge in [-0.1, -0.05) is 293 Å². The number of aryl methyl sites for hydroxylation is 2. The highest BCUT2D eigenvalue weighted by atomic mass is 127. The third-order valence-electron chi connectivity index (χ3n) is 26.9. The van der Waals surface area contributed by atoms with Crippen LogP contribution in [0.1, 0.15) is 5.69 Å². The first-order valence-corrected chi connectivity index (χ1v) is 48.7. The Morgan fingerprint density at radius 1 is 0.235 bits per heavy atom. The molecular weight excluding hydrogens is 2030 g/mol. The molecule has 646 valence electrons. The lowest BCUT2D eigenvalue weighted by Crippen LogP contribution is -1.84. The van der Waals surface area contributed by atoms with E-state index in [9.17, 15) is 0 Å². The summed E-state index contributed by atoms with van der Waals surface area (Å²) in [6.07, 6.45) is 8.26. The van der Waals surface area contributed by atoms with E-state index in [-0.39, 0.29) is 0 Å². The molecule has 20 aromatic carbocycles. The molecule has 0 saturated carbocycles. The van der Waals surface area contributed by atoms with Crippen molar-refractivity contribution in [1.82, 2.24) is 74.3 Å². The highest BCUT2D eigenvalue weighted by Crippen LogP contribution is 2.46. The Balaban J connectivity index is 0.0000000883. The number of hydrogen-bond donors (Lipinski definition) is 9. The Bertz CT molecular complexity index is 9800. The van der Waals surface area contributed by atoms with Gasteiger partial charge in [0.05, 0.1) is 55.2 Å². The second kappa shape index (κ2) is 32.7. The molecule has 9 N–H and O–H groups in total. The molecule has 15 nitrogen and oxygen atoms in total. The Morgan fingerprint density at radius 3 is 0.949 bits per heavy atom. The number of rotatable bonds is 5. The van der Waals surface area contributed by atoms with Gasteiger partial charge in [0.2, 0.25) is 0 Å². The van der Waals surface area contributed by atoms with Crippen molar-refractivity contribution in [2.75, 3.05) is 0 Å². The van der Waals surface area contributed by atoms with E-state index in [1.54, 1.807) is 0 Å². The van der Waals surface area contributed by atoms with E-state index in [0.29, 0.717) is 0 Å². The van der Waals surface area contributed by atoms with Gasteiger partial charge in [0.15, 0.2) is 0 Å². The minimum absolute atomic E-state index is 0.885. The normalized spacial score (nSPS) is 11.9. The quantitative estimate of drug-likeness (QED) is 0.0606. The predicted molar refractivity (Wildman–Crippen MR) is 592 cm³/mol. The van der Waals surface area contributed by atoms with Crippen LogP contribution in [0.3, 0.4) is 0 Å². The SMILES string of the molecule is Brc1ccc2[nH]cc(-c3nc4c5cc(I)ccc5c5ccc(I)cc5c4[nH]3)c2c1.Brc1ccc2[nH]cc(-c3nc4c5ccccc5c5ccccc5c4[nH]3)c2c1.Cc1[nH]c2ccccc2c1-c1nc2c3ccccc3c3ccccc3c2[nH]1.Cn1cc(-c2nc3c4ccccc4c4ccccc4c3[nH]2)c2ccccc21.c1ccc2c(-c3nc4c5ccccc5c5ccccc5c4[nH]3)c[nH]c2c1. The van der Waals surface area contributed by atoms with Crippen LogP contribution in [-0.2, 0) is 7.05 Å². The highest BCUT2D eigenvalue weighted by Gasteiger charge is 2.25. The minimum atomic E-state index is 0.885. The molecule has 30 aromatic rings. The van der Waals surface area contributed by atoms with Crippen molar-refractivity contribution >= 4 is 294 Å². The average molecular weight is 2100 g/mol. The van der Waals surface area contributed by atoms with E-state index in [1.165, 1.54) is 137 Å². The van der Waals surface area contributed by atoms with Gasteiger partial charge in [0, 0.05) is 190 Å². The first kappa shape index (κ1) is 81.3. The van der Waals surface area contributed by atoms with Crippen molar-refractivity contribution < 1.29 is 0 Å². The van der Waals surface area contributed by atoms with Gasteiger partial charge >= 0.3 is 0 Å². The van der Waals surface area contributed by atoms with Crippen LogP contribution < -0.4 is 0 Å². The number of imidazole rings is 5. The van der Waals surface area contributed by atoms with Gasteiger partial charge in [-0.15, -0.1) is 0 Å². The minimum Gasteiger partial charge on any atom is -0.360 e. The van der Waals surface area contributed by atoms with Gasteiger partial charge in [0.25, 0.3) is 0 Å². The predicted octanol–water partition coefficient (Wildman–Crippen LogP) is 33.1. The van der Waals surface area contributed by atoms with E-state index in [1.807, 2.05) is 36.8 Å². The summed E-state index contributed by atoms with van der Waals surface area (Å²) in [5.41, 5.74) is 23.0. The maximum atomic E-state index is 5.09. The lowest BCUT2D eigenvalue weighted by molar-refractivity contribution is 0.969. The smallest absolute Gasteiger partial charge is 0.140 e. The molecule has 0 aliphatic carbocycles. The third-order valence-corrected chi connectivity index (χ3v) is 29.2. The summed E-state index contributed by atoms with van der Waals surface area (Å²) in [5, 5.41) is 30.3. The molecule has 0 aliphatic heterocycles. The maximum absolute atomic E-state index is 5.09. The number of benzene rings is 20. The lowest BCUT2D eigenvalue weighted by Gasteiger charge is -2.07. The molecule has 0 aliphatic rings. The van der Waals surface area contributed by atoms with E-state index in [0.717, 1.165) is 160 Å². The molecule has 10 heterocycles. The summed E-state index contributed by atoms with van der Waals surface area (Å²) in [4.78, 5) is 56.9. The van der Waals surface area contributed by atoms with Gasteiger partial charge in [0.1, 0.15) is 29.1 Å². The summed E-state index contributed by atoms with van der Waals surface area (Å²) < 4.78 is 6.70. The molecule has 10 aromatic heterocycles. The van der Waals surface area contributed by atoms with Crippen molar-refractivity contribution in [3.05, 3.63) is 386 Å². The molecule has 0 atom stereocenters. The topological polar surface area (TPSA) is 211 Å². The van der Waals surface area contributed by atoms with Crippen LogP contribution in [-0.4, -0.2) is 74.3 Å². The molecule has 0 fully saturated rings. The van der Waals surface area contributed by atoms with E-state index >= 15 is 0 Å². The lowest BCUT2D eigenvalue weighted by atomic mass is 10.0. The molecule has 0 amide bonds. The second-order valence-corrected chi connectivity index (χ2v) is 39.0. The van der Waals surface area contributed by atoms with Crippen molar-refractivity contribution in [2.24, 2.45) is 7.05 Å². The average Bonchev–Trinajstić information content (AvgIpc) is 1.02. The molecule has 19 heteroatoms. The molecular formula is C117H75Br2I2N15. The summed E-state index contributed by atoms with van der Waals surface area (Å²) >= 11 is 11.9. The monoisotopic (exact) mass is 2100 g/mol. The van der Waals surface area contributed by atoms with Gasteiger partial charge in [-0.25, -0.2) is 24.9 Å². The van der Waals surface area contributed by atoms with E-state index in [2.05, 4.69) is 468 Å². The van der Waals surface area contributed by atoms with Crippen LogP contribution in [0.4, 0.5) is 0 Å². The van der Waals surface area contributed by atoms with Crippen molar-refractivity contribution in [3.63, 3.8) is 0 Å². The number of nitrogens with zero attached hydrogens (tertiary/aromatic N) is 6. The highest BCUT2D eigenvalue weighted by molar-refractivity contribution is 14.1. The van der Waals surface area contributed by atoms with Crippen LogP contribution >= 0.6 is 77.0 Å². The van der Waals surface area contributed by atoms with Crippen LogP contribution in [0.5, 0.6) is 0 Å². The number of fused-ring (bicyclic) bond motifs is 35.